The van der Waals surface area contributed by atoms with Gasteiger partial charge in [0.05, 0.1) is 13.0 Å². The molecule has 0 bridgehead atoms. The fraction of sp³-hybridized carbons (Fsp3) is 0.727. The maximum atomic E-state index is 11.7. The summed E-state index contributed by atoms with van der Waals surface area (Å²) in [6, 6.07) is -1.04. The number of hydrogen-bond acceptors (Lipinski definition) is 5. The molecule has 1 aliphatic heterocycles. The van der Waals surface area contributed by atoms with Gasteiger partial charge in [-0.1, -0.05) is 0 Å². The smallest absolute Gasteiger partial charge is 0.326 e. The van der Waals surface area contributed by atoms with Crippen LogP contribution in [0.2, 0.25) is 0 Å². The highest BCUT2D eigenvalue weighted by Gasteiger charge is 2.27. The molecule has 1 unspecified atom stereocenters. The van der Waals surface area contributed by atoms with Crippen LogP contribution in [0.15, 0.2) is 0 Å². The molecule has 1 aliphatic rings. The maximum Gasteiger partial charge on any atom is 0.326 e. The van der Waals surface area contributed by atoms with E-state index in [2.05, 4.69) is 15.4 Å². The zero-order valence-corrected chi connectivity index (χ0v) is 10.3. The Morgan fingerprint density at radius 2 is 2.22 bits per heavy atom. The molecule has 1 amide bonds. The van der Waals surface area contributed by atoms with Crippen LogP contribution in [0.1, 0.15) is 19.3 Å². The van der Waals surface area contributed by atoms with Gasteiger partial charge in [-0.3, -0.25) is 9.59 Å². The fourth-order valence-electron chi connectivity index (χ4n) is 1.79. The number of nitrogens with one attached hydrogen (secondary N) is 2. The molecule has 1 rings (SSSR count). The number of carboxylic acid groups (broad SMARTS) is 1. The van der Waals surface area contributed by atoms with Crippen LogP contribution in [-0.2, 0) is 19.1 Å². The molecule has 2 atom stereocenters. The summed E-state index contributed by atoms with van der Waals surface area (Å²) in [7, 11) is 1.24. The minimum Gasteiger partial charge on any atom is -0.480 e. The van der Waals surface area contributed by atoms with Crippen LogP contribution < -0.4 is 10.6 Å². The molecule has 3 N–H and O–H groups in total. The van der Waals surface area contributed by atoms with Crippen LogP contribution in [0.3, 0.4) is 0 Å². The number of rotatable bonds is 6. The molecule has 1 saturated heterocycles. The zero-order chi connectivity index (χ0) is 13.5. The number of carbonyl (C=O) groups excluding carboxylic acids is 2. The molecule has 102 valence electrons. The zero-order valence-electron chi connectivity index (χ0n) is 10.3. The van der Waals surface area contributed by atoms with Crippen LogP contribution in [0.4, 0.5) is 0 Å². The number of carboxylic acids is 1. The monoisotopic (exact) mass is 258 g/mol. The first-order valence-corrected chi connectivity index (χ1v) is 5.85. The van der Waals surface area contributed by atoms with Crippen molar-refractivity contribution in [3.8, 4) is 0 Å². The molecule has 7 nitrogen and oxygen atoms in total. The van der Waals surface area contributed by atoms with Gasteiger partial charge in [0.15, 0.2) is 0 Å². The first kappa shape index (κ1) is 14.4. The summed E-state index contributed by atoms with van der Waals surface area (Å²) in [5.41, 5.74) is 0. The standard InChI is InChI=1S/C11H18N2O5/c1-18-9(14)3-2-8(11(16)17)13-10(15)7-4-5-12-6-7/h7-8,12H,2-6H2,1H3,(H,13,15)(H,16,17)/t7?,8-/m0/s1. The topological polar surface area (TPSA) is 105 Å². The summed E-state index contributed by atoms with van der Waals surface area (Å²) in [6.07, 6.45) is 0.708. The van der Waals surface area contributed by atoms with Crippen molar-refractivity contribution >= 4 is 17.8 Å². The van der Waals surface area contributed by atoms with E-state index in [0.717, 1.165) is 6.54 Å². The van der Waals surface area contributed by atoms with E-state index < -0.39 is 18.0 Å². The van der Waals surface area contributed by atoms with Gasteiger partial charge in [-0.05, 0) is 19.4 Å². The Balaban J connectivity index is 2.44. The van der Waals surface area contributed by atoms with Crippen LogP contribution in [0.5, 0.6) is 0 Å². The van der Waals surface area contributed by atoms with Gasteiger partial charge in [0.2, 0.25) is 5.91 Å². The highest BCUT2D eigenvalue weighted by atomic mass is 16.5. The summed E-state index contributed by atoms with van der Waals surface area (Å²) >= 11 is 0. The first-order chi connectivity index (χ1) is 8.54. The lowest BCUT2D eigenvalue weighted by atomic mass is 10.1. The van der Waals surface area contributed by atoms with E-state index in [1.54, 1.807) is 0 Å². The Morgan fingerprint density at radius 1 is 1.50 bits per heavy atom. The number of methoxy groups -OCH3 is 1. The third-order valence-electron chi connectivity index (χ3n) is 2.91. The summed E-state index contributed by atoms with van der Waals surface area (Å²) in [5, 5.41) is 14.5. The molecule has 0 aromatic carbocycles. The first-order valence-electron chi connectivity index (χ1n) is 5.85. The van der Waals surface area contributed by atoms with E-state index in [0.29, 0.717) is 13.0 Å². The highest BCUT2D eigenvalue weighted by molar-refractivity contribution is 5.85. The maximum absolute atomic E-state index is 11.7. The van der Waals surface area contributed by atoms with E-state index in [9.17, 15) is 14.4 Å². The van der Waals surface area contributed by atoms with Crippen molar-refractivity contribution in [1.82, 2.24) is 10.6 Å². The second-order valence-electron chi connectivity index (χ2n) is 4.20. The highest BCUT2D eigenvalue weighted by Crippen LogP contribution is 2.09. The molecule has 1 fully saturated rings. The molecule has 18 heavy (non-hydrogen) atoms. The lowest BCUT2D eigenvalue weighted by Gasteiger charge is -2.16. The third kappa shape index (κ3) is 4.33. The van der Waals surface area contributed by atoms with E-state index in [4.69, 9.17) is 5.11 Å². The van der Waals surface area contributed by atoms with Crippen molar-refractivity contribution in [3.63, 3.8) is 0 Å². The normalized spacial score (nSPS) is 20.2. The lowest BCUT2D eigenvalue weighted by molar-refractivity contribution is -0.144. The predicted octanol–water partition coefficient (Wildman–Crippen LogP) is -0.881. The molecular formula is C11H18N2O5. The van der Waals surface area contributed by atoms with E-state index in [-0.39, 0.29) is 24.7 Å². The average molecular weight is 258 g/mol. The Kier molecular flexibility index (Phi) is 5.57. The van der Waals surface area contributed by atoms with Crippen LogP contribution >= 0.6 is 0 Å². The fourth-order valence-corrected chi connectivity index (χ4v) is 1.79. The van der Waals surface area contributed by atoms with Crippen LogP contribution in [0.25, 0.3) is 0 Å². The number of esters is 1. The number of hydrogen-bond donors (Lipinski definition) is 3. The molecule has 7 heteroatoms. The van der Waals surface area contributed by atoms with Gasteiger partial charge in [-0.15, -0.1) is 0 Å². The predicted molar refractivity (Wildman–Crippen MR) is 61.8 cm³/mol. The Bertz CT molecular complexity index is 325. The van der Waals surface area contributed by atoms with Crippen molar-refractivity contribution in [3.05, 3.63) is 0 Å². The van der Waals surface area contributed by atoms with Gasteiger partial charge in [-0.25, -0.2) is 4.79 Å². The number of carbonyl (C=O) groups is 3. The van der Waals surface area contributed by atoms with Gasteiger partial charge >= 0.3 is 11.9 Å². The quantitative estimate of drug-likeness (QED) is 0.534. The van der Waals surface area contributed by atoms with E-state index >= 15 is 0 Å². The summed E-state index contributed by atoms with van der Waals surface area (Å²) in [5.74, 6) is -2.10. The molecule has 0 saturated carbocycles. The van der Waals surface area contributed by atoms with Crippen molar-refractivity contribution in [2.24, 2.45) is 5.92 Å². The molecule has 0 aromatic rings. The van der Waals surface area contributed by atoms with Gasteiger partial charge in [-0.2, -0.15) is 0 Å². The van der Waals surface area contributed by atoms with Crippen LogP contribution in [-0.4, -0.2) is 49.2 Å². The van der Waals surface area contributed by atoms with Gasteiger partial charge < -0.3 is 20.5 Å². The number of aliphatic carboxylic acids is 1. The molecule has 0 aliphatic carbocycles. The van der Waals surface area contributed by atoms with E-state index in [1.807, 2.05) is 0 Å². The molecular weight excluding hydrogens is 240 g/mol. The molecule has 0 spiro atoms. The molecule has 0 aromatic heterocycles. The van der Waals surface area contributed by atoms with Crippen molar-refractivity contribution in [1.29, 1.82) is 0 Å². The minimum atomic E-state index is -1.14. The minimum absolute atomic E-state index is 0.0311. The van der Waals surface area contributed by atoms with Gasteiger partial charge in [0, 0.05) is 13.0 Å². The molecule has 1 heterocycles. The summed E-state index contributed by atoms with van der Waals surface area (Å²) < 4.78 is 4.43. The number of amides is 1. The van der Waals surface area contributed by atoms with Crippen molar-refractivity contribution < 1.29 is 24.2 Å². The Hall–Kier alpha value is -1.63. The Labute approximate surface area is 105 Å². The Morgan fingerprint density at radius 3 is 2.72 bits per heavy atom. The third-order valence-corrected chi connectivity index (χ3v) is 2.91. The SMILES string of the molecule is COC(=O)CC[C@H](NC(=O)C1CCNC1)C(=O)O. The van der Waals surface area contributed by atoms with Gasteiger partial charge in [0.1, 0.15) is 6.04 Å². The largest absolute Gasteiger partial charge is 0.480 e. The second-order valence-corrected chi connectivity index (χ2v) is 4.20. The lowest BCUT2D eigenvalue weighted by Crippen LogP contribution is -2.44. The average Bonchev–Trinajstić information content (AvgIpc) is 2.87. The van der Waals surface area contributed by atoms with Gasteiger partial charge in [0.25, 0.3) is 0 Å². The second kappa shape index (κ2) is 6.95. The summed E-state index contributed by atoms with van der Waals surface area (Å²) in [4.78, 5) is 33.7. The molecule has 0 radical (unpaired) electrons. The van der Waals surface area contributed by atoms with E-state index in [1.165, 1.54) is 7.11 Å². The number of ether oxygens (including phenoxy) is 1. The van der Waals surface area contributed by atoms with Crippen molar-refractivity contribution in [2.75, 3.05) is 20.2 Å². The summed E-state index contributed by atoms with van der Waals surface area (Å²) in [6.45, 7) is 1.33. The van der Waals surface area contributed by atoms with Crippen molar-refractivity contribution in [2.45, 2.75) is 25.3 Å². The van der Waals surface area contributed by atoms with Crippen LogP contribution in [0, 0.1) is 5.92 Å².